The summed E-state index contributed by atoms with van der Waals surface area (Å²) in [6.07, 6.45) is 10.6. The van der Waals surface area contributed by atoms with E-state index in [0.717, 1.165) is 55.3 Å². The van der Waals surface area contributed by atoms with Gasteiger partial charge in [0, 0.05) is 55.8 Å². The van der Waals surface area contributed by atoms with Gasteiger partial charge in [0.1, 0.15) is 5.82 Å². The Kier molecular flexibility index (Phi) is 10.6. The van der Waals surface area contributed by atoms with E-state index in [4.69, 9.17) is 0 Å². The minimum absolute atomic E-state index is 0.153. The van der Waals surface area contributed by atoms with Crippen LogP contribution in [0.3, 0.4) is 0 Å². The van der Waals surface area contributed by atoms with E-state index in [1.807, 2.05) is 52.0 Å². The Labute approximate surface area is 197 Å². The molecular weight excluding hydrogens is 414 g/mol. The summed E-state index contributed by atoms with van der Waals surface area (Å²) in [7, 11) is 0. The summed E-state index contributed by atoms with van der Waals surface area (Å²) in [5.41, 5.74) is 3.86. The summed E-state index contributed by atoms with van der Waals surface area (Å²) in [4.78, 5) is 34.7. The Morgan fingerprint density at radius 2 is 2.00 bits per heavy atom. The molecule has 2 rings (SSSR count). The molecule has 1 aliphatic heterocycles. The van der Waals surface area contributed by atoms with Gasteiger partial charge < -0.3 is 20.5 Å². The third-order valence-corrected chi connectivity index (χ3v) is 5.40. The Balaban J connectivity index is 2.11. The smallest absolute Gasteiger partial charge is 0.253 e. The average molecular weight is 452 g/mol. The van der Waals surface area contributed by atoms with Crippen LogP contribution in [0.4, 0.5) is 0 Å². The lowest BCUT2D eigenvalue weighted by atomic mass is 10.0. The maximum absolute atomic E-state index is 12.9. The first-order chi connectivity index (χ1) is 15.8. The topological polar surface area (TPSA) is 89.6 Å². The minimum Gasteiger partial charge on any atom is -0.354 e. The number of pyridine rings is 1. The molecule has 0 aliphatic carbocycles. The van der Waals surface area contributed by atoms with Crippen LogP contribution in [0.15, 0.2) is 63.7 Å². The number of hydrogen-bond donors (Lipinski definition) is 3. The van der Waals surface area contributed by atoms with E-state index in [1.54, 1.807) is 12.3 Å². The lowest BCUT2D eigenvalue weighted by molar-refractivity contribution is -0.117. The summed E-state index contributed by atoms with van der Waals surface area (Å²) in [5.74, 6) is 0.732. The van der Waals surface area contributed by atoms with Crippen molar-refractivity contribution in [3.63, 3.8) is 0 Å². The van der Waals surface area contributed by atoms with Gasteiger partial charge in [-0.1, -0.05) is 37.3 Å². The number of hydrogen-bond acceptors (Lipinski definition) is 5. The van der Waals surface area contributed by atoms with Gasteiger partial charge in [-0.3, -0.25) is 9.59 Å². The zero-order valence-electron chi connectivity index (χ0n) is 20.3. The van der Waals surface area contributed by atoms with Crippen molar-refractivity contribution in [2.45, 2.75) is 47.1 Å². The van der Waals surface area contributed by atoms with E-state index in [0.29, 0.717) is 17.6 Å². The molecule has 1 fully saturated rings. The van der Waals surface area contributed by atoms with Crippen LogP contribution >= 0.6 is 0 Å². The first kappa shape index (κ1) is 26.1. The van der Waals surface area contributed by atoms with Crippen LogP contribution in [-0.2, 0) is 11.3 Å². The van der Waals surface area contributed by atoms with Crippen molar-refractivity contribution in [3.8, 4) is 0 Å². The third kappa shape index (κ3) is 8.35. The lowest BCUT2D eigenvalue weighted by Gasteiger charge is -2.29. The number of H-pyrrole nitrogens is 1. The molecule has 1 aliphatic rings. The highest BCUT2D eigenvalue weighted by molar-refractivity contribution is 5.93. The van der Waals surface area contributed by atoms with Gasteiger partial charge in [0.2, 0.25) is 5.91 Å². The summed E-state index contributed by atoms with van der Waals surface area (Å²) in [5, 5.41) is 6.26. The molecule has 1 amide bonds. The predicted molar refractivity (Wildman–Crippen MR) is 136 cm³/mol. The van der Waals surface area contributed by atoms with Crippen molar-refractivity contribution in [2.75, 3.05) is 26.2 Å². The molecule has 0 spiro atoms. The van der Waals surface area contributed by atoms with Crippen LogP contribution in [0, 0.1) is 13.8 Å². The average Bonchev–Trinajstić information content (AvgIpc) is 2.78. The van der Waals surface area contributed by atoms with Crippen LogP contribution < -0.4 is 16.2 Å². The molecule has 2 heterocycles. The van der Waals surface area contributed by atoms with E-state index in [-0.39, 0.29) is 18.0 Å². The molecule has 1 aromatic heterocycles. The van der Waals surface area contributed by atoms with Crippen molar-refractivity contribution in [3.05, 3.63) is 81.1 Å². The van der Waals surface area contributed by atoms with Crippen LogP contribution in [0.1, 0.15) is 43.5 Å². The normalized spacial score (nSPS) is 15.8. The molecule has 7 nitrogen and oxygen atoms in total. The van der Waals surface area contributed by atoms with Gasteiger partial charge in [0.15, 0.2) is 0 Å². The summed E-state index contributed by atoms with van der Waals surface area (Å²) in [6.45, 7) is 15.3. The third-order valence-electron chi connectivity index (χ3n) is 5.40. The molecule has 178 valence electrons. The highest BCUT2D eigenvalue weighted by Crippen LogP contribution is 2.15. The SMILES string of the molecule is C=C/C=N\C(=CC=C(C)C/C(=C\CC)C(=O)NCc1c(C)cc(C)[nH]c1=O)N1CCNCC1. The Hall–Kier alpha value is -3.19. The van der Waals surface area contributed by atoms with Crippen molar-refractivity contribution in [1.82, 2.24) is 20.5 Å². The fourth-order valence-corrected chi connectivity index (χ4v) is 3.70. The molecule has 0 radical (unpaired) electrons. The van der Waals surface area contributed by atoms with E-state index < -0.39 is 0 Å². The van der Waals surface area contributed by atoms with E-state index in [9.17, 15) is 9.59 Å². The molecular formula is C26H37N5O2. The molecule has 7 heteroatoms. The highest BCUT2D eigenvalue weighted by atomic mass is 16.2. The number of aliphatic imine (C=N–C) groups is 1. The van der Waals surface area contributed by atoms with E-state index in [2.05, 4.69) is 32.1 Å². The van der Waals surface area contributed by atoms with E-state index >= 15 is 0 Å². The Morgan fingerprint density at radius 1 is 1.27 bits per heavy atom. The van der Waals surface area contributed by atoms with Crippen molar-refractivity contribution >= 4 is 12.1 Å². The molecule has 0 atom stereocenters. The van der Waals surface area contributed by atoms with E-state index in [1.165, 1.54) is 0 Å². The van der Waals surface area contributed by atoms with Gasteiger partial charge in [-0.15, -0.1) is 0 Å². The number of aromatic amines is 1. The van der Waals surface area contributed by atoms with Crippen molar-refractivity contribution in [1.29, 1.82) is 0 Å². The van der Waals surface area contributed by atoms with Crippen LogP contribution in [0.5, 0.6) is 0 Å². The zero-order chi connectivity index (χ0) is 24.2. The number of nitrogens with one attached hydrogen (secondary N) is 3. The van der Waals surface area contributed by atoms with Gasteiger partial charge in [-0.2, -0.15) is 0 Å². The lowest BCUT2D eigenvalue weighted by Crippen LogP contribution is -2.42. The number of allylic oxidation sites excluding steroid dienone is 5. The van der Waals surface area contributed by atoms with Gasteiger partial charge in [0.05, 0.1) is 0 Å². The number of amides is 1. The van der Waals surface area contributed by atoms with Crippen molar-refractivity contribution < 1.29 is 4.79 Å². The standard InChI is InChI=1S/C26H37N5O2/c1-6-8-22(25(32)29-18-23-20(4)17-21(5)30-26(23)33)16-19(3)9-10-24(28-11-7-2)31-14-12-27-13-15-31/h7-11,17,27H,2,6,12-16,18H2,1,3-5H3,(H,29,32)(H,30,33)/b19-9?,22-8+,24-10?,28-11-. The number of rotatable bonds is 10. The molecule has 1 aromatic rings. The molecule has 1 saturated heterocycles. The number of carbonyl (C=O) groups excluding carboxylic acids is 1. The maximum atomic E-state index is 12.9. The quantitative estimate of drug-likeness (QED) is 0.289. The number of carbonyl (C=O) groups is 1. The van der Waals surface area contributed by atoms with Crippen LogP contribution in [-0.4, -0.2) is 48.2 Å². The number of piperazine rings is 1. The van der Waals surface area contributed by atoms with Gasteiger partial charge in [-0.25, -0.2) is 4.99 Å². The molecule has 3 N–H and O–H groups in total. The summed E-state index contributed by atoms with van der Waals surface area (Å²) < 4.78 is 0. The summed E-state index contributed by atoms with van der Waals surface area (Å²) >= 11 is 0. The minimum atomic E-state index is -0.157. The fraction of sp³-hybridized carbons (Fsp3) is 0.423. The first-order valence-corrected chi connectivity index (χ1v) is 11.5. The van der Waals surface area contributed by atoms with Gasteiger partial charge >= 0.3 is 0 Å². The van der Waals surface area contributed by atoms with Crippen molar-refractivity contribution in [2.24, 2.45) is 4.99 Å². The molecule has 0 aromatic carbocycles. The molecule has 0 bridgehead atoms. The van der Waals surface area contributed by atoms with Gasteiger partial charge in [-0.05, 0) is 51.3 Å². The number of nitrogens with zero attached hydrogens (tertiary/aromatic N) is 2. The monoisotopic (exact) mass is 451 g/mol. The Bertz CT molecular complexity index is 1010. The second-order valence-electron chi connectivity index (χ2n) is 8.23. The largest absolute Gasteiger partial charge is 0.354 e. The zero-order valence-corrected chi connectivity index (χ0v) is 20.3. The molecule has 0 unspecified atom stereocenters. The maximum Gasteiger partial charge on any atom is 0.253 e. The predicted octanol–water partition coefficient (Wildman–Crippen LogP) is 3.28. The van der Waals surface area contributed by atoms with Gasteiger partial charge in [0.25, 0.3) is 5.56 Å². The fourth-order valence-electron chi connectivity index (χ4n) is 3.70. The second-order valence-corrected chi connectivity index (χ2v) is 8.23. The Morgan fingerprint density at radius 3 is 2.64 bits per heavy atom. The highest BCUT2D eigenvalue weighted by Gasteiger charge is 2.13. The number of aromatic nitrogens is 1. The van der Waals surface area contributed by atoms with Crippen LogP contribution in [0.2, 0.25) is 0 Å². The molecule has 0 saturated carbocycles. The van der Waals surface area contributed by atoms with Crippen LogP contribution in [0.25, 0.3) is 0 Å². The number of aryl methyl sites for hydroxylation is 2. The summed E-state index contributed by atoms with van der Waals surface area (Å²) in [6, 6.07) is 1.91. The first-order valence-electron chi connectivity index (χ1n) is 11.5. The molecule has 33 heavy (non-hydrogen) atoms. The second kappa shape index (κ2) is 13.4.